The van der Waals surface area contributed by atoms with Crippen molar-refractivity contribution in [3.8, 4) is 0 Å². The van der Waals surface area contributed by atoms with Crippen LogP contribution in [0.5, 0.6) is 0 Å². The van der Waals surface area contributed by atoms with E-state index >= 15 is 0 Å². The lowest BCUT2D eigenvalue weighted by molar-refractivity contribution is -0.116. The first-order valence-electron chi connectivity index (χ1n) is 8.30. The van der Waals surface area contributed by atoms with E-state index in [1.165, 1.54) is 20.0 Å². The van der Waals surface area contributed by atoms with Crippen molar-refractivity contribution in [1.82, 2.24) is 0 Å². The van der Waals surface area contributed by atoms with Crippen molar-refractivity contribution in [2.45, 2.75) is 13.0 Å². The molecular weight excluding hydrogens is 402 g/mol. The summed E-state index contributed by atoms with van der Waals surface area (Å²) in [5, 5.41) is 2.64. The second-order valence-corrected chi connectivity index (χ2v) is 10.2. The summed E-state index contributed by atoms with van der Waals surface area (Å²) in [5.74, 6) is -0.548. The molecule has 0 heterocycles. The summed E-state index contributed by atoms with van der Waals surface area (Å²) in [4.78, 5) is 12.7. The molecule has 1 N–H and O–H groups in total. The number of amides is 1. The lowest BCUT2D eigenvalue weighted by Gasteiger charge is -2.28. The Bertz CT molecular complexity index is 1050. The predicted octanol–water partition coefficient (Wildman–Crippen LogP) is 1.88. The third kappa shape index (κ3) is 5.23. The average Bonchev–Trinajstić information content (AvgIpc) is 2.60. The van der Waals surface area contributed by atoms with Gasteiger partial charge in [0, 0.05) is 12.7 Å². The average molecular weight is 426 g/mol. The number of para-hydroxylation sites is 1. The van der Waals surface area contributed by atoms with Gasteiger partial charge in [-0.15, -0.1) is 0 Å². The molecule has 0 spiro atoms. The second-order valence-electron chi connectivity index (χ2n) is 6.34. The SMILES string of the molecule is CC(C(=O)Nc1cccc(N(C)S(C)(=O)=O)c1)N(c1ccccc1)S(C)(=O)=O. The monoisotopic (exact) mass is 425 g/mol. The Morgan fingerprint density at radius 3 is 2.00 bits per heavy atom. The van der Waals surface area contributed by atoms with Crippen LogP contribution in [0.3, 0.4) is 0 Å². The Morgan fingerprint density at radius 1 is 0.893 bits per heavy atom. The van der Waals surface area contributed by atoms with Crippen molar-refractivity contribution < 1.29 is 21.6 Å². The van der Waals surface area contributed by atoms with Crippen LogP contribution < -0.4 is 13.9 Å². The molecule has 0 aliphatic rings. The number of carbonyl (C=O) groups excluding carboxylic acids is 1. The fraction of sp³-hybridized carbons (Fsp3) is 0.278. The summed E-state index contributed by atoms with van der Waals surface area (Å²) >= 11 is 0. The summed E-state index contributed by atoms with van der Waals surface area (Å²) in [5.41, 5.74) is 1.10. The molecule has 2 aromatic rings. The molecule has 0 aromatic heterocycles. The van der Waals surface area contributed by atoms with Crippen molar-refractivity contribution in [2.75, 3.05) is 33.5 Å². The van der Waals surface area contributed by atoms with Gasteiger partial charge in [-0.1, -0.05) is 24.3 Å². The molecule has 1 atom stereocenters. The second kappa shape index (κ2) is 8.19. The minimum Gasteiger partial charge on any atom is -0.324 e. The molecule has 0 aliphatic heterocycles. The van der Waals surface area contributed by atoms with Crippen molar-refractivity contribution in [1.29, 1.82) is 0 Å². The van der Waals surface area contributed by atoms with Crippen LogP contribution in [-0.2, 0) is 24.8 Å². The van der Waals surface area contributed by atoms with E-state index in [9.17, 15) is 21.6 Å². The number of rotatable bonds is 7. The van der Waals surface area contributed by atoms with Crippen molar-refractivity contribution in [3.05, 3.63) is 54.6 Å². The maximum Gasteiger partial charge on any atom is 0.247 e. The van der Waals surface area contributed by atoms with E-state index in [2.05, 4.69) is 5.32 Å². The molecular formula is C18H23N3O5S2. The number of hydrogen-bond acceptors (Lipinski definition) is 5. The van der Waals surface area contributed by atoms with Crippen LogP contribution in [0.25, 0.3) is 0 Å². The van der Waals surface area contributed by atoms with E-state index in [0.717, 1.165) is 21.1 Å². The number of carbonyl (C=O) groups is 1. The lowest BCUT2D eigenvalue weighted by Crippen LogP contribution is -2.45. The third-order valence-corrected chi connectivity index (χ3v) is 6.52. The van der Waals surface area contributed by atoms with E-state index < -0.39 is 32.0 Å². The smallest absolute Gasteiger partial charge is 0.247 e. The fourth-order valence-electron chi connectivity index (χ4n) is 2.60. The summed E-state index contributed by atoms with van der Waals surface area (Å²) < 4.78 is 50.0. The highest BCUT2D eigenvalue weighted by atomic mass is 32.2. The van der Waals surface area contributed by atoms with Gasteiger partial charge in [0.05, 0.1) is 23.9 Å². The topological polar surface area (TPSA) is 104 Å². The van der Waals surface area contributed by atoms with Crippen LogP contribution in [-0.4, -0.2) is 48.3 Å². The van der Waals surface area contributed by atoms with Crippen LogP contribution in [0.1, 0.15) is 6.92 Å². The van der Waals surface area contributed by atoms with E-state index in [0.29, 0.717) is 17.1 Å². The van der Waals surface area contributed by atoms with E-state index in [4.69, 9.17) is 0 Å². The van der Waals surface area contributed by atoms with Crippen LogP contribution in [0, 0.1) is 0 Å². The number of nitrogens with one attached hydrogen (secondary N) is 1. The first-order valence-corrected chi connectivity index (χ1v) is 12.0. The Hall–Kier alpha value is -2.59. The zero-order valence-electron chi connectivity index (χ0n) is 16.0. The number of hydrogen-bond donors (Lipinski definition) is 1. The molecule has 0 bridgehead atoms. The quantitative estimate of drug-likeness (QED) is 0.729. The van der Waals surface area contributed by atoms with Crippen molar-refractivity contribution in [3.63, 3.8) is 0 Å². The summed E-state index contributed by atoms with van der Waals surface area (Å²) in [6.07, 6.45) is 2.11. The number of benzene rings is 2. The Kier molecular flexibility index (Phi) is 6.35. The molecule has 1 unspecified atom stereocenters. The molecule has 1 amide bonds. The Morgan fingerprint density at radius 2 is 1.46 bits per heavy atom. The summed E-state index contributed by atoms with van der Waals surface area (Å²) in [6, 6.07) is 13.6. The molecule has 28 heavy (non-hydrogen) atoms. The van der Waals surface area contributed by atoms with Gasteiger partial charge in [-0.25, -0.2) is 16.8 Å². The van der Waals surface area contributed by atoms with Gasteiger partial charge in [-0.05, 0) is 37.3 Å². The van der Waals surface area contributed by atoms with Crippen LogP contribution in [0.2, 0.25) is 0 Å². The van der Waals surface area contributed by atoms with Crippen LogP contribution in [0.4, 0.5) is 17.1 Å². The third-order valence-electron chi connectivity index (χ3n) is 4.07. The number of anilines is 3. The molecule has 2 rings (SSSR count). The van der Waals surface area contributed by atoms with Gasteiger partial charge in [0.2, 0.25) is 26.0 Å². The zero-order chi connectivity index (χ0) is 21.1. The zero-order valence-corrected chi connectivity index (χ0v) is 17.7. The van der Waals surface area contributed by atoms with Gasteiger partial charge in [-0.3, -0.25) is 13.4 Å². The molecule has 10 heteroatoms. The largest absolute Gasteiger partial charge is 0.324 e. The maximum absolute atomic E-state index is 12.7. The standard InChI is InChI=1S/C18H23N3O5S2/c1-14(21(28(4,25)26)16-10-6-5-7-11-16)18(22)19-15-9-8-12-17(13-15)20(2)27(3,23)24/h5-14H,1-4H3,(H,19,22). The molecule has 0 saturated carbocycles. The van der Waals surface area contributed by atoms with Gasteiger partial charge < -0.3 is 5.32 Å². The minimum atomic E-state index is -3.71. The molecule has 0 radical (unpaired) electrons. The van der Waals surface area contributed by atoms with Crippen LogP contribution >= 0.6 is 0 Å². The van der Waals surface area contributed by atoms with E-state index in [-0.39, 0.29) is 0 Å². The molecule has 0 saturated heterocycles. The maximum atomic E-state index is 12.7. The van der Waals surface area contributed by atoms with Gasteiger partial charge in [0.1, 0.15) is 6.04 Å². The van der Waals surface area contributed by atoms with Gasteiger partial charge in [0.25, 0.3) is 0 Å². The summed E-state index contributed by atoms with van der Waals surface area (Å²) in [7, 11) is -5.76. The highest BCUT2D eigenvalue weighted by Crippen LogP contribution is 2.23. The molecule has 2 aromatic carbocycles. The van der Waals surface area contributed by atoms with E-state index in [1.54, 1.807) is 48.5 Å². The highest BCUT2D eigenvalue weighted by molar-refractivity contribution is 7.92. The number of nitrogens with zero attached hydrogens (tertiary/aromatic N) is 2. The van der Waals surface area contributed by atoms with Crippen LogP contribution in [0.15, 0.2) is 54.6 Å². The fourth-order valence-corrected chi connectivity index (χ4v) is 4.27. The van der Waals surface area contributed by atoms with Gasteiger partial charge >= 0.3 is 0 Å². The first kappa shape index (κ1) is 21.7. The predicted molar refractivity (Wildman–Crippen MR) is 112 cm³/mol. The van der Waals surface area contributed by atoms with Gasteiger partial charge in [0.15, 0.2) is 0 Å². The highest BCUT2D eigenvalue weighted by Gasteiger charge is 2.29. The van der Waals surface area contributed by atoms with Crippen molar-refractivity contribution in [2.24, 2.45) is 0 Å². The minimum absolute atomic E-state index is 0.353. The Balaban J connectivity index is 2.28. The lowest BCUT2D eigenvalue weighted by atomic mass is 10.2. The molecule has 152 valence electrons. The van der Waals surface area contributed by atoms with Crippen molar-refractivity contribution >= 4 is 43.0 Å². The molecule has 0 aliphatic carbocycles. The normalized spacial score (nSPS) is 12.9. The van der Waals surface area contributed by atoms with Gasteiger partial charge in [-0.2, -0.15) is 0 Å². The molecule has 0 fully saturated rings. The summed E-state index contributed by atoms with van der Waals surface area (Å²) in [6.45, 7) is 1.48. The molecule has 8 nitrogen and oxygen atoms in total. The van der Waals surface area contributed by atoms with E-state index in [1.807, 2.05) is 0 Å². The number of sulfonamides is 2. The first-order chi connectivity index (χ1) is 12.9. The Labute approximate surface area is 165 Å².